The first-order valence-electron chi connectivity index (χ1n) is 9.82. The van der Waals surface area contributed by atoms with Crippen molar-refractivity contribution >= 4 is 29.9 Å². The van der Waals surface area contributed by atoms with Crippen LogP contribution in [0.5, 0.6) is 0 Å². The summed E-state index contributed by atoms with van der Waals surface area (Å²) in [5, 5.41) is 7.08. The molecule has 5 nitrogen and oxygen atoms in total. The second kappa shape index (κ2) is 12.4. The molecular formula is C21H33IN4O. The quantitative estimate of drug-likeness (QED) is 0.282. The molecule has 0 saturated carbocycles. The second-order valence-corrected chi connectivity index (χ2v) is 7.14. The molecule has 150 valence electrons. The summed E-state index contributed by atoms with van der Waals surface area (Å²) in [6, 6.07) is 11.2. The highest BCUT2D eigenvalue weighted by molar-refractivity contribution is 14.0. The average Bonchev–Trinajstić information content (AvgIpc) is 2.69. The molecule has 2 heterocycles. The van der Waals surface area contributed by atoms with Gasteiger partial charge in [0.15, 0.2) is 5.96 Å². The van der Waals surface area contributed by atoms with Crippen LogP contribution < -0.4 is 10.6 Å². The molecule has 1 fully saturated rings. The van der Waals surface area contributed by atoms with Gasteiger partial charge in [0.1, 0.15) is 0 Å². The van der Waals surface area contributed by atoms with Crippen LogP contribution >= 0.6 is 24.0 Å². The van der Waals surface area contributed by atoms with Crippen LogP contribution in [0, 0.1) is 0 Å². The minimum Gasteiger partial charge on any atom is -0.377 e. The van der Waals surface area contributed by atoms with Gasteiger partial charge in [-0.2, -0.15) is 0 Å². The van der Waals surface area contributed by atoms with Crippen LogP contribution in [0.3, 0.4) is 0 Å². The zero-order valence-corrected chi connectivity index (χ0v) is 18.7. The van der Waals surface area contributed by atoms with Crippen molar-refractivity contribution < 1.29 is 4.74 Å². The lowest BCUT2D eigenvalue weighted by molar-refractivity contribution is 0.153. The van der Waals surface area contributed by atoms with Crippen molar-refractivity contribution in [3.8, 4) is 0 Å². The monoisotopic (exact) mass is 484 g/mol. The van der Waals surface area contributed by atoms with Crippen molar-refractivity contribution in [1.29, 1.82) is 0 Å². The lowest BCUT2D eigenvalue weighted by Gasteiger charge is -2.34. The number of piperidine rings is 1. The van der Waals surface area contributed by atoms with Crippen molar-refractivity contribution in [3.05, 3.63) is 47.5 Å². The van der Waals surface area contributed by atoms with Crippen LogP contribution in [0.25, 0.3) is 0 Å². The first-order chi connectivity index (χ1) is 12.8. The summed E-state index contributed by atoms with van der Waals surface area (Å²) >= 11 is 0. The predicted molar refractivity (Wildman–Crippen MR) is 123 cm³/mol. The fraction of sp³-hybridized carbons (Fsp3) is 0.571. The number of likely N-dealkylation sites (tertiary alicyclic amines) is 1. The molecule has 0 aromatic heterocycles. The molecule has 2 aliphatic rings. The Balaban J connectivity index is 0.00000261. The Hall–Kier alpha value is -1.12. The Morgan fingerprint density at radius 1 is 1.30 bits per heavy atom. The van der Waals surface area contributed by atoms with Gasteiger partial charge < -0.3 is 15.4 Å². The summed E-state index contributed by atoms with van der Waals surface area (Å²) in [5.41, 5.74) is 2.88. The van der Waals surface area contributed by atoms with Crippen molar-refractivity contribution in [2.45, 2.75) is 38.3 Å². The molecule has 1 atom stereocenters. The van der Waals surface area contributed by atoms with Crippen LogP contribution in [-0.4, -0.2) is 56.8 Å². The average molecular weight is 484 g/mol. The number of hydrogen-bond donors (Lipinski definition) is 2. The molecule has 1 aromatic carbocycles. The van der Waals surface area contributed by atoms with E-state index in [-0.39, 0.29) is 24.0 Å². The molecule has 6 heteroatoms. The van der Waals surface area contributed by atoms with Crippen LogP contribution in [0.1, 0.15) is 31.2 Å². The SMILES string of the molecule is CN=C(NCCC1=CCOCC1)NC1CCCN(Cc2ccccc2)C1.I. The maximum Gasteiger partial charge on any atom is 0.191 e. The summed E-state index contributed by atoms with van der Waals surface area (Å²) in [6.45, 7) is 5.82. The van der Waals surface area contributed by atoms with Gasteiger partial charge in [-0.3, -0.25) is 9.89 Å². The highest BCUT2D eigenvalue weighted by atomic mass is 127. The first kappa shape index (κ1) is 22.2. The predicted octanol–water partition coefficient (Wildman–Crippen LogP) is 3.17. The van der Waals surface area contributed by atoms with Crippen LogP contribution in [0.2, 0.25) is 0 Å². The minimum atomic E-state index is 0. The van der Waals surface area contributed by atoms with Gasteiger partial charge in [-0.15, -0.1) is 24.0 Å². The van der Waals surface area contributed by atoms with E-state index in [0.717, 1.165) is 51.6 Å². The molecule has 1 aromatic rings. The van der Waals surface area contributed by atoms with E-state index in [2.05, 4.69) is 56.9 Å². The van der Waals surface area contributed by atoms with Gasteiger partial charge in [0.2, 0.25) is 0 Å². The number of aliphatic imine (C=N–C) groups is 1. The first-order valence-corrected chi connectivity index (χ1v) is 9.82. The summed E-state index contributed by atoms with van der Waals surface area (Å²) in [5.74, 6) is 0.921. The standard InChI is InChI=1S/C21H32N4O.HI/c1-22-21(23-12-9-18-10-14-26-15-11-18)24-20-8-5-13-25(17-20)16-19-6-3-2-4-7-19;/h2-4,6-7,10,20H,5,8-9,11-17H2,1H3,(H2,22,23,24);1H. The Morgan fingerprint density at radius 2 is 2.15 bits per heavy atom. The fourth-order valence-electron chi connectivity index (χ4n) is 3.68. The molecule has 0 amide bonds. The molecule has 1 unspecified atom stereocenters. The van der Waals surface area contributed by atoms with Gasteiger partial charge in [-0.1, -0.05) is 42.0 Å². The number of nitrogens with one attached hydrogen (secondary N) is 2. The number of benzene rings is 1. The molecule has 0 aliphatic carbocycles. The number of guanidine groups is 1. The van der Waals surface area contributed by atoms with Gasteiger partial charge in [0, 0.05) is 32.7 Å². The number of nitrogens with zero attached hydrogens (tertiary/aromatic N) is 2. The molecule has 0 radical (unpaired) electrons. The number of halogens is 1. The number of rotatable bonds is 6. The third-order valence-electron chi connectivity index (χ3n) is 5.11. The van der Waals surface area contributed by atoms with Gasteiger partial charge in [-0.05, 0) is 37.8 Å². The van der Waals surface area contributed by atoms with E-state index in [1.54, 1.807) is 0 Å². The normalized spacial score (nSPS) is 21.1. The molecular weight excluding hydrogens is 451 g/mol. The lowest BCUT2D eigenvalue weighted by atomic mass is 10.0. The zero-order valence-electron chi connectivity index (χ0n) is 16.3. The van der Waals surface area contributed by atoms with Crippen molar-refractivity contribution in [3.63, 3.8) is 0 Å². The summed E-state index contributed by atoms with van der Waals surface area (Å²) in [7, 11) is 1.85. The Labute approximate surface area is 180 Å². The van der Waals surface area contributed by atoms with Crippen molar-refractivity contribution in [2.75, 3.05) is 39.9 Å². The molecule has 0 spiro atoms. The molecule has 0 bridgehead atoms. The van der Waals surface area contributed by atoms with E-state index in [1.165, 1.54) is 30.5 Å². The third-order valence-corrected chi connectivity index (χ3v) is 5.11. The maximum atomic E-state index is 5.36. The molecule has 3 rings (SSSR count). The summed E-state index contributed by atoms with van der Waals surface area (Å²) < 4.78 is 5.36. The Kier molecular flexibility index (Phi) is 10.2. The van der Waals surface area contributed by atoms with Crippen LogP contribution in [0.4, 0.5) is 0 Å². The van der Waals surface area contributed by atoms with Gasteiger partial charge >= 0.3 is 0 Å². The molecule has 1 saturated heterocycles. The molecule has 2 aliphatic heterocycles. The Bertz CT molecular complexity index is 605. The van der Waals surface area contributed by atoms with E-state index >= 15 is 0 Å². The van der Waals surface area contributed by atoms with E-state index in [1.807, 2.05) is 7.05 Å². The highest BCUT2D eigenvalue weighted by Gasteiger charge is 2.20. The number of hydrogen-bond acceptors (Lipinski definition) is 3. The van der Waals surface area contributed by atoms with Crippen LogP contribution in [0.15, 0.2) is 47.0 Å². The number of ether oxygens (including phenoxy) is 1. The third kappa shape index (κ3) is 7.79. The van der Waals surface area contributed by atoms with E-state index in [4.69, 9.17) is 4.74 Å². The fourth-order valence-corrected chi connectivity index (χ4v) is 3.68. The largest absolute Gasteiger partial charge is 0.377 e. The van der Waals surface area contributed by atoms with Crippen molar-refractivity contribution in [1.82, 2.24) is 15.5 Å². The van der Waals surface area contributed by atoms with Crippen molar-refractivity contribution in [2.24, 2.45) is 4.99 Å². The second-order valence-electron chi connectivity index (χ2n) is 7.14. The smallest absolute Gasteiger partial charge is 0.191 e. The van der Waals surface area contributed by atoms with E-state index in [9.17, 15) is 0 Å². The van der Waals surface area contributed by atoms with Gasteiger partial charge in [0.25, 0.3) is 0 Å². The molecule has 27 heavy (non-hydrogen) atoms. The lowest BCUT2D eigenvalue weighted by Crippen LogP contribution is -2.51. The maximum absolute atomic E-state index is 5.36. The van der Waals surface area contributed by atoms with Crippen LogP contribution in [-0.2, 0) is 11.3 Å². The zero-order chi connectivity index (χ0) is 18.0. The van der Waals surface area contributed by atoms with E-state index < -0.39 is 0 Å². The topological polar surface area (TPSA) is 48.9 Å². The van der Waals surface area contributed by atoms with E-state index in [0.29, 0.717) is 6.04 Å². The molecule has 2 N–H and O–H groups in total. The van der Waals surface area contributed by atoms with Gasteiger partial charge in [-0.25, -0.2) is 0 Å². The highest BCUT2D eigenvalue weighted by Crippen LogP contribution is 2.14. The Morgan fingerprint density at radius 3 is 2.89 bits per heavy atom. The summed E-state index contributed by atoms with van der Waals surface area (Å²) in [6.07, 6.45) is 6.77. The summed E-state index contributed by atoms with van der Waals surface area (Å²) in [4.78, 5) is 6.94. The van der Waals surface area contributed by atoms with Gasteiger partial charge in [0.05, 0.1) is 13.2 Å². The minimum absolute atomic E-state index is 0.